The van der Waals surface area contributed by atoms with E-state index >= 15 is 0 Å². The number of benzene rings is 2. The molecule has 0 radical (unpaired) electrons. The Morgan fingerprint density at radius 1 is 1.24 bits per heavy atom. The van der Waals surface area contributed by atoms with Crippen molar-refractivity contribution in [3.8, 4) is 11.8 Å². The van der Waals surface area contributed by atoms with Crippen LogP contribution in [0, 0.1) is 11.3 Å². The molecule has 2 aromatic carbocycles. The third-order valence-corrected chi connectivity index (χ3v) is 3.63. The third-order valence-electron chi connectivity index (χ3n) is 3.63. The van der Waals surface area contributed by atoms with Gasteiger partial charge in [0.1, 0.15) is 11.6 Å². The molecule has 0 spiro atoms. The fourth-order valence-electron chi connectivity index (χ4n) is 2.41. The van der Waals surface area contributed by atoms with Gasteiger partial charge in [-0.15, -0.1) is 0 Å². The molecule has 0 saturated carbocycles. The molecule has 25 heavy (non-hydrogen) atoms. The summed E-state index contributed by atoms with van der Waals surface area (Å²) in [5.41, 5.74) is 1.38. The number of hydrogen-bond acceptors (Lipinski definition) is 5. The summed E-state index contributed by atoms with van der Waals surface area (Å²) in [7, 11) is 1.48. The minimum Gasteiger partial charge on any atom is -0.496 e. The molecule has 0 saturated heterocycles. The van der Waals surface area contributed by atoms with E-state index in [-0.39, 0.29) is 18.2 Å². The molecular formula is C18H14N4O3. The fourth-order valence-corrected chi connectivity index (χ4v) is 2.41. The van der Waals surface area contributed by atoms with Crippen molar-refractivity contribution in [3.05, 3.63) is 59.7 Å². The van der Waals surface area contributed by atoms with Crippen molar-refractivity contribution >= 4 is 23.3 Å². The lowest BCUT2D eigenvalue weighted by Gasteiger charge is -2.11. The average molecular weight is 334 g/mol. The molecule has 1 N–H and O–H groups in total. The Kier molecular flexibility index (Phi) is 4.44. The molecule has 3 rings (SSSR count). The molecular weight excluding hydrogens is 320 g/mol. The van der Waals surface area contributed by atoms with Crippen molar-refractivity contribution in [1.82, 2.24) is 5.32 Å². The van der Waals surface area contributed by atoms with Gasteiger partial charge in [0.2, 0.25) is 0 Å². The van der Waals surface area contributed by atoms with Crippen LogP contribution in [0.4, 0.5) is 5.69 Å². The molecule has 7 heteroatoms. The summed E-state index contributed by atoms with van der Waals surface area (Å²) >= 11 is 0. The number of carbonyl (C=O) groups is 2. The summed E-state index contributed by atoms with van der Waals surface area (Å²) < 4.78 is 5.16. The van der Waals surface area contributed by atoms with Gasteiger partial charge in [0.05, 0.1) is 36.4 Å². The lowest BCUT2D eigenvalue weighted by molar-refractivity contribution is -0.116. The monoisotopic (exact) mass is 334 g/mol. The molecule has 2 aromatic rings. The van der Waals surface area contributed by atoms with Gasteiger partial charge in [0, 0.05) is 0 Å². The first-order valence-electron chi connectivity index (χ1n) is 7.47. The Labute approximate surface area is 144 Å². The summed E-state index contributed by atoms with van der Waals surface area (Å²) in [6.45, 7) is 0. The maximum Gasteiger partial charge on any atom is 0.260 e. The van der Waals surface area contributed by atoms with Gasteiger partial charge in [-0.3, -0.25) is 9.59 Å². The van der Waals surface area contributed by atoms with Crippen LogP contribution in [0.15, 0.2) is 53.6 Å². The second-order valence-corrected chi connectivity index (χ2v) is 5.24. The number of hydrogen-bond donors (Lipinski definition) is 1. The molecule has 1 heterocycles. The molecule has 0 aromatic heterocycles. The van der Waals surface area contributed by atoms with Crippen LogP contribution in [0.3, 0.4) is 0 Å². The van der Waals surface area contributed by atoms with E-state index < -0.39 is 5.91 Å². The Balaban J connectivity index is 1.78. The van der Waals surface area contributed by atoms with Gasteiger partial charge in [0.25, 0.3) is 11.8 Å². The Morgan fingerprint density at radius 3 is 2.64 bits per heavy atom. The number of amides is 2. The van der Waals surface area contributed by atoms with E-state index in [0.717, 1.165) is 0 Å². The van der Waals surface area contributed by atoms with Crippen molar-refractivity contribution < 1.29 is 14.3 Å². The zero-order chi connectivity index (χ0) is 17.8. The number of nitriles is 1. The van der Waals surface area contributed by atoms with Gasteiger partial charge in [-0.05, 0) is 36.4 Å². The number of methoxy groups -OCH3 is 1. The molecule has 0 atom stereocenters. The Morgan fingerprint density at radius 2 is 1.96 bits per heavy atom. The van der Waals surface area contributed by atoms with Crippen LogP contribution in [0.25, 0.3) is 0 Å². The molecule has 2 amide bonds. The lowest BCUT2D eigenvalue weighted by atomic mass is 10.2. The highest BCUT2D eigenvalue weighted by molar-refractivity contribution is 6.18. The second kappa shape index (κ2) is 6.84. The van der Waals surface area contributed by atoms with E-state index in [9.17, 15) is 9.59 Å². The smallest absolute Gasteiger partial charge is 0.260 e. The third kappa shape index (κ3) is 3.33. The highest BCUT2D eigenvalue weighted by Crippen LogP contribution is 2.21. The Bertz CT molecular complexity index is 897. The largest absolute Gasteiger partial charge is 0.496 e. The first kappa shape index (κ1) is 16.2. The first-order chi connectivity index (χ1) is 12.1. The van der Waals surface area contributed by atoms with Gasteiger partial charge >= 0.3 is 0 Å². The standard InChI is InChI=1S/C18H14N4O3/c1-25-15-5-3-2-4-14(15)18(24)20-16-10-17(23)22(21-16)13-8-6-12(11-19)7-9-13/h2-9H,10H2,1H3,(H,20,21,24). The van der Waals surface area contributed by atoms with Gasteiger partial charge < -0.3 is 10.1 Å². The number of nitrogens with one attached hydrogen (secondary N) is 1. The number of rotatable bonds is 3. The molecule has 0 aliphatic carbocycles. The van der Waals surface area contributed by atoms with Crippen molar-refractivity contribution in [2.75, 3.05) is 12.1 Å². The maximum atomic E-state index is 12.4. The predicted octanol–water partition coefficient (Wildman–Crippen LogP) is 2.05. The van der Waals surface area contributed by atoms with Crippen LogP contribution < -0.4 is 15.1 Å². The minimum atomic E-state index is -0.398. The zero-order valence-corrected chi connectivity index (χ0v) is 13.4. The normalized spacial score (nSPS) is 13.2. The summed E-state index contributed by atoms with van der Waals surface area (Å²) in [4.78, 5) is 24.5. The van der Waals surface area contributed by atoms with E-state index in [1.54, 1.807) is 48.5 Å². The van der Waals surface area contributed by atoms with Crippen molar-refractivity contribution in [2.45, 2.75) is 6.42 Å². The van der Waals surface area contributed by atoms with E-state index in [1.165, 1.54) is 12.1 Å². The van der Waals surface area contributed by atoms with Gasteiger partial charge in [0.15, 0.2) is 0 Å². The van der Waals surface area contributed by atoms with Crippen LogP contribution in [0.1, 0.15) is 22.3 Å². The number of nitrogens with zero attached hydrogens (tertiary/aromatic N) is 3. The molecule has 124 valence electrons. The fraction of sp³-hybridized carbons (Fsp3) is 0.111. The highest BCUT2D eigenvalue weighted by atomic mass is 16.5. The Hall–Kier alpha value is -3.66. The van der Waals surface area contributed by atoms with E-state index in [2.05, 4.69) is 10.4 Å². The van der Waals surface area contributed by atoms with Crippen molar-refractivity contribution in [3.63, 3.8) is 0 Å². The number of amidine groups is 1. The van der Waals surface area contributed by atoms with Crippen LogP contribution in [-0.4, -0.2) is 24.8 Å². The van der Waals surface area contributed by atoms with Crippen LogP contribution in [0.5, 0.6) is 5.75 Å². The first-order valence-corrected chi connectivity index (χ1v) is 7.47. The average Bonchev–Trinajstić information content (AvgIpc) is 3.01. The number of carbonyl (C=O) groups excluding carboxylic acids is 2. The van der Waals surface area contributed by atoms with Crippen molar-refractivity contribution in [1.29, 1.82) is 5.26 Å². The number of para-hydroxylation sites is 1. The summed E-state index contributed by atoms with van der Waals surface area (Å²) in [6.07, 6.45) is -0.0130. The molecule has 1 aliphatic rings. The van der Waals surface area contributed by atoms with Gasteiger partial charge in [-0.2, -0.15) is 15.4 Å². The minimum absolute atomic E-state index is 0.0130. The molecule has 1 aliphatic heterocycles. The van der Waals surface area contributed by atoms with E-state index in [4.69, 9.17) is 10.00 Å². The maximum absolute atomic E-state index is 12.4. The number of hydrazone groups is 1. The molecule has 0 unspecified atom stereocenters. The van der Waals surface area contributed by atoms with Crippen LogP contribution in [0.2, 0.25) is 0 Å². The van der Waals surface area contributed by atoms with Crippen molar-refractivity contribution in [2.24, 2.45) is 5.10 Å². The summed E-state index contributed by atoms with van der Waals surface area (Å²) in [5, 5.41) is 16.8. The van der Waals surface area contributed by atoms with E-state index in [1.807, 2.05) is 6.07 Å². The SMILES string of the molecule is COc1ccccc1C(=O)NC1=NN(c2ccc(C#N)cc2)C(=O)C1. The van der Waals surface area contributed by atoms with Crippen LogP contribution >= 0.6 is 0 Å². The van der Waals surface area contributed by atoms with E-state index in [0.29, 0.717) is 22.6 Å². The van der Waals surface area contributed by atoms with Gasteiger partial charge in [-0.1, -0.05) is 12.1 Å². The second-order valence-electron chi connectivity index (χ2n) is 5.24. The number of ether oxygens (including phenoxy) is 1. The zero-order valence-electron chi connectivity index (χ0n) is 13.4. The topological polar surface area (TPSA) is 94.8 Å². The predicted molar refractivity (Wildman–Crippen MR) is 91.2 cm³/mol. The molecule has 7 nitrogen and oxygen atoms in total. The molecule has 0 bridgehead atoms. The lowest BCUT2D eigenvalue weighted by Crippen LogP contribution is -2.30. The van der Waals surface area contributed by atoms with Crippen LogP contribution in [-0.2, 0) is 4.79 Å². The summed E-state index contributed by atoms with van der Waals surface area (Å²) in [5.74, 6) is 0.0323. The number of anilines is 1. The quantitative estimate of drug-likeness (QED) is 0.929. The highest BCUT2D eigenvalue weighted by Gasteiger charge is 2.27. The molecule has 0 fully saturated rings. The summed E-state index contributed by atoms with van der Waals surface area (Å²) in [6, 6.07) is 15.3. The van der Waals surface area contributed by atoms with Gasteiger partial charge in [-0.25, -0.2) is 0 Å².